The van der Waals surface area contributed by atoms with Gasteiger partial charge in [-0.25, -0.2) is 21.8 Å². The lowest BCUT2D eigenvalue weighted by molar-refractivity contribution is 0.103. The molecule has 0 aliphatic heterocycles. The van der Waals surface area contributed by atoms with Crippen LogP contribution in [0.2, 0.25) is 5.02 Å². The third kappa shape index (κ3) is 5.79. The zero-order valence-corrected chi connectivity index (χ0v) is 20.8. The maximum absolute atomic E-state index is 13.1. The second-order valence-electron chi connectivity index (χ2n) is 8.56. The fourth-order valence-corrected chi connectivity index (χ4v) is 4.83. The Morgan fingerprint density at radius 3 is 2.09 bits per heavy atom. The van der Waals surface area contributed by atoms with E-state index >= 15 is 0 Å². The topological polar surface area (TPSA) is 110 Å². The van der Waals surface area contributed by atoms with Crippen LogP contribution >= 0.6 is 11.6 Å². The summed E-state index contributed by atoms with van der Waals surface area (Å²) in [6.45, 7) is 6.08. The number of anilines is 1. The minimum Gasteiger partial charge on any atom is -0.288 e. The van der Waals surface area contributed by atoms with Crippen molar-refractivity contribution >= 4 is 42.9 Å². The second kappa shape index (κ2) is 8.89. The van der Waals surface area contributed by atoms with E-state index in [1.807, 2.05) is 20.8 Å². The molecule has 0 radical (unpaired) electrons. The van der Waals surface area contributed by atoms with Crippen LogP contribution in [0.1, 0.15) is 42.3 Å². The van der Waals surface area contributed by atoms with E-state index < -0.39 is 25.6 Å². The van der Waals surface area contributed by atoms with Gasteiger partial charge in [-0.05, 0) is 53.4 Å². The summed E-state index contributed by atoms with van der Waals surface area (Å²) in [6, 6.07) is 13.2. The average Bonchev–Trinajstić information content (AvgIpc) is 2.73. The van der Waals surface area contributed by atoms with Gasteiger partial charge in [-0.1, -0.05) is 44.5 Å². The molecule has 3 rings (SSSR count). The quantitative estimate of drug-likeness (QED) is 0.494. The van der Waals surface area contributed by atoms with Crippen LogP contribution in [-0.4, -0.2) is 33.9 Å². The van der Waals surface area contributed by atoms with Gasteiger partial charge in [0, 0.05) is 28.6 Å². The van der Waals surface area contributed by atoms with Crippen LogP contribution in [0.15, 0.2) is 70.7 Å². The summed E-state index contributed by atoms with van der Waals surface area (Å²) in [7, 11) is -7.52. The van der Waals surface area contributed by atoms with Crippen molar-refractivity contribution in [1.82, 2.24) is 4.98 Å². The summed E-state index contributed by atoms with van der Waals surface area (Å²) in [4.78, 5) is 16.9. The minimum atomic E-state index is -3.99. The lowest BCUT2D eigenvalue weighted by Crippen LogP contribution is -2.17. The molecule has 0 unspecified atom stereocenters. The predicted molar refractivity (Wildman–Crippen MR) is 128 cm³/mol. The van der Waals surface area contributed by atoms with Gasteiger partial charge >= 0.3 is 0 Å². The van der Waals surface area contributed by atoms with Crippen molar-refractivity contribution in [2.45, 2.75) is 36.1 Å². The van der Waals surface area contributed by atoms with Crippen LogP contribution in [0.3, 0.4) is 0 Å². The molecule has 0 amide bonds. The molecule has 0 bridgehead atoms. The van der Waals surface area contributed by atoms with Gasteiger partial charge in [0.2, 0.25) is 0 Å². The molecule has 33 heavy (non-hydrogen) atoms. The molecular formula is C23H23ClN2O5S2. The van der Waals surface area contributed by atoms with E-state index in [1.165, 1.54) is 42.5 Å². The highest BCUT2D eigenvalue weighted by molar-refractivity contribution is 7.92. The van der Waals surface area contributed by atoms with E-state index in [0.29, 0.717) is 0 Å². The van der Waals surface area contributed by atoms with Gasteiger partial charge < -0.3 is 0 Å². The number of carbonyl (C=O) groups is 1. The summed E-state index contributed by atoms with van der Waals surface area (Å²) in [5.41, 5.74) is 0.975. The lowest BCUT2D eigenvalue weighted by atomic mass is 9.87. The SMILES string of the molecule is CC(C)(C)c1ccc(S(=O)(=O)Nc2ccc(Cl)cc2C(=O)c2ccc(S(C)(=O)=O)nc2)cc1. The van der Waals surface area contributed by atoms with Crippen molar-refractivity contribution in [2.75, 3.05) is 11.0 Å². The zero-order chi connectivity index (χ0) is 24.6. The fourth-order valence-electron chi connectivity index (χ4n) is 3.02. The van der Waals surface area contributed by atoms with E-state index in [0.717, 1.165) is 18.0 Å². The van der Waals surface area contributed by atoms with Crippen molar-refractivity contribution in [1.29, 1.82) is 0 Å². The van der Waals surface area contributed by atoms with E-state index in [-0.39, 0.29) is 37.2 Å². The number of hydrogen-bond donors (Lipinski definition) is 1. The number of aromatic nitrogens is 1. The number of nitrogens with zero attached hydrogens (tertiary/aromatic N) is 1. The molecule has 0 saturated heterocycles. The maximum Gasteiger partial charge on any atom is 0.261 e. The third-order valence-corrected chi connectivity index (χ3v) is 7.50. The molecule has 3 aromatic rings. The first-order valence-electron chi connectivity index (χ1n) is 9.82. The molecule has 0 spiro atoms. The summed E-state index contributed by atoms with van der Waals surface area (Å²) >= 11 is 6.06. The molecule has 0 aliphatic carbocycles. The Hall–Kier alpha value is -2.75. The van der Waals surface area contributed by atoms with Gasteiger partial charge in [-0.15, -0.1) is 0 Å². The van der Waals surface area contributed by atoms with Gasteiger partial charge in [-0.3, -0.25) is 9.52 Å². The number of rotatable bonds is 6. The first-order chi connectivity index (χ1) is 15.2. The smallest absolute Gasteiger partial charge is 0.261 e. The number of sulfonamides is 1. The van der Waals surface area contributed by atoms with Gasteiger partial charge in [0.05, 0.1) is 10.6 Å². The summed E-state index contributed by atoms with van der Waals surface area (Å²) in [5.74, 6) is -0.564. The largest absolute Gasteiger partial charge is 0.288 e. The predicted octanol–water partition coefficient (Wildman–Crippen LogP) is 4.47. The fraction of sp³-hybridized carbons (Fsp3) is 0.217. The van der Waals surface area contributed by atoms with Crippen molar-refractivity contribution in [3.8, 4) is 0 Å². The van der Waals surface area contributed by atoms with E-state index in [9.17, 15) is 21.6 Å². The zero-order valence-electron chi connectivity index (χ0n) is 18.5. The molecule has 1 aromatic heterocycles. The molecule has 7 nitrogen and oxygen atoms in total. The van der Waals surface area contributed by atoms with Gasteiger partial charge in [0.15, 0.2) is 20.6 Å². The standard InChI is InChI=1S/C23H23ClN2O5S2/c1-23(2,3)16-6-9-18(10-7-16)33(30,31)26-20-11-8-17(24)13-19(20)22(27)15-5-12-21(25-14-15)32(4,28)29/h5-14,26H,1-4H3. The summed E-state index contributed by atoms with van der Waals surface area (Å²) in [6.07, 6.45) is 2.14. The molecule has 1 heterocycles. The van der Waals surface area contributed by atoms with Gasteiger partial charge in [0.25, 0.3) is 10.0 Å². The number of nitrogens with one attached hydrogen (secondary N) is 1. The van der Waals surface area contributed by atoms with E-state index in [1.54, 1.807) is 12.1 Å². The second-order valence-corrected chi connectivity index (χ2v) is 12.6. The summed E-state index contributed by atoms with van der Waals surface area (Å²) in [5, 5.41) is 0.0568. The van der Waals surface area contributed by atoms with Crippen LogP contribution in [0.5, 0.6) is 0 Å². The van der Waals surface area contributed by atoms with Crippen molar-refractivity contribution < 1.29 is 21.6 Å². The Kier molecular flexibility index (Phi) is 6.70. The first kappa shape index (κ1) is 24.9. The molecule has 1 N–H and O–H groups in total. The van der Waals surface area contributed by atoms with Crippen LogP contribution in [0, 0.1) is 0 Å². The molecule has 0 aliphatic rings. The highest BCUT2D eigenvalue weighted by Gasteiger charge is 2.22. The van der Waals surface area contributed by atoms with Gasteiger partial charge in [0.1, 0.15) is 0 Å². The Balaban J connectivity index is 1.96. The number of sulfone groups is 1. The lowest BCUT2D eigenvalue weighted by Gasteiger charge is -2.19. The molecule has 174 valence electrons. The van der Waals surface area contributed by atoms with Crippen LogP contribution < -0.4 is 4.72 Å². The first-order valence-corrected chi connectivity index (χ1v) is 13.6. The van der Waals surface area contributed by atoms with Gasteiger partial charge in [-0.2, -0.15) is 0 Å². The average molecular weight is 507 g/mol. The molecule has 0 atom stereocenters. The molecule has 0 saturated carbocycles. The molecular weight excluding hydrogens is 484 g/mol. The third-order valence-electron chi connectivity index (χ3n) is 4.88. The highest BCUT2D eigenvalue weighted by atomic mass is 35.5. The minimum absolute atomic E-state index is 0.00583. The maximum atomic E-state index is 13.1. The number of carbonyl (C=O) groups excluding carboxylic acids is 1. The number of hydrogen-bond acceptors (Lipinski definition) is 6. The van der Waals surface area contributed by atoms with Crippen LogP contribution in [-0.2, 0) is 25.3 Å². The Bertz CT molecular complexity index is 1410. The number of halogens is 1. The normalized spacial score (nSPS) is 12.4. The number of ketones is 1. The Labute approximate surface area is 198 Å². The van der Waals surface area contributed by atoms with E-state index in [2.05, 4.69) is 9.71 Å². The molecule has 2 aromatic carbocycles. The van der Waals surface area contributed by atoms with Crippen molar-refractivity contribution in [3.63, 3.8) is 0 Å². The highest BCUT2D eigenvalue weighted by Crippen LogP contribution is 2.28. The van der Waals surface area contributed by atoms with Crippen molar-refractivity contribution in [2.24, 2.45) is 0 Å². The number of benzene rings is 2. The molecule has 0 fully saturated rings. The van der Waals surface area contributed by atoms with Crippen LogP contribution in [0.4, 0.5) is 5.69 Å². The molecule has 10 heteroatoms. The Morgan fingerprint density at radius 2 is 1.58 bits per heavy atom. The Morgan fingerprint density at radius 1 is 0.939 bits per heavy atom. The van der Waals surface area contributed by atoms with Crippen molar-refractivity contribution in [3.05, 3.63) is 82.5 Å². The monoisotopic (exact) mass is 506 g/mol. The van der Waals surface area contributed by atoms with E-state index in [4.69, 9.17) is 11.6 Å². The number of pyridine rings is 1. The van der Waals surface area contributed by atoms with Crippen LogP contribution in [0.25, 0.3) is 0 Å². The summed E-state index contributed by atoms with van der Waals surface area (Å²) < 4.78 is 51.6.